The zero-order valence-electron chi connectivity index (χ0n) is 17.8. The number of hydrogen-bond donors (Lipinski definition) is 0. The first-order chi connectivity index (χ1) is 14.9. The minimum atomic E-state index is -3.91. The van der Waals surface area contributed by atoms with E-state index >= 15 is 0 Å². The van der Waals surface area contributed by atoms with Crippen LogP contribution in [0.4, 0.5) is 0 Å². The van der Waals surface area contributed by atoms with Crippen LogP contribution in [0, 0.1) is 18.8 Å². The van der Waals surface area contributed by atoms with Crippen molar-refractivity contribution in [2.24, 2.45) is 4.40 Å². The van der Waals surface area contributed by atoms with E-state index in [4.69, 9.17) is 9.47 Å². The maximum atomic E-state index is 12.9. The molecular weight excluding hydrogens is 410 g/mol. The molecule has 0 amide bonds. The molecule has 0 spiro atoms. The normalized spacial score (nSPS) is 16.5. The summed E-state index contributed by atoms with van der Waals surface area (Å²) in [5.41, 5.74) is 2.43. The predicted octanol–water partition coefficient (Wildman–Crippen LogP) is 4.44. The molecule has 3 rings (SSSR count). The van der Waals surface area contributed by atoms with Crippen molar-refractivity contribution in [1.82, 2.24) is 0 Å². The molecule has 0 N–H and O–H groups in total. The van der Waals surface area contributed by atoms with Gasteiger partial charge in [0.1, 0.15) is 0 Å². The molecule has 2 aromatic rings. The summed E-state index contributed by atoms with van der Waals surface area (Å²) in [6.07, 6.45) is 4.93. The number of aryl methyl sites for hydroxylation is 1. The van der Waals surface area contributed by atoms with Crippen molar-refractivity contribution in [2.45, 2.75) is 31.5 Å². The molecule has 0 aliphatic heterocycles. The van der Waals surface area contributed by atoms with Crippen LogP contribution in [0.1, 0.15) is 25.0 Å². The van der Waals surface area contributed by atoms with Gasteiger partial charge in [-0.05, 0) is 63.3 Å². The van der Waals surface area contributed by atoms with Crippen LogP contribution in [-0.4, -0.2) is 33.1 Å². The van der Waals surface area contributed by atoms with E-state index in [2.05, 4.69) is 16.2 Å². The van der Waals surface area contributed by atoms with E-state index in [9.17, 15) is 8.42 Å². The summed E-state index contributed by atoms with van der Waals surface area (Å²) in [7, 11) is -3.91. The Labute approximate surface area is 184 Å². The van der Waals surface area contributed by atoms with Gasteiger partial charge in [0.2, 0.25) is 5.79 Å². The van der Waals surface area contributed by atoms with Crippen LogP contribution in [0.3, 0.4) is 0 Å². The lowest BCUT2D eigenvalue weighted by Crippen LogP contribution is -2.35. The Morgan fingerprint density at radius 3 is 2.19 bits per heavy atom. The molecule has 0 radical (unpaired) electrons. The second-order valence-electron chi connectivity index (χ2n) is 6.86. The van der Waals surface area contributed by atoms with E-state index in [1.165, 1.54) is 0 Å². The van der Waals surface area contributed by atoms with Crippen molar-refractivity contribution in [1.29, 1.82) is 0 Å². The Morgan fingerprint density at radius 2 is 1.58 bits per heavy atom. The van der Waals surface area contributed by atoms with Crippen LogP contribution in [0.15, 0.2) is 87.7 Å². The number of benzene rings is 2. The fraction of sp³-hybridized carbons (Fsp3) is 0.240. The van der Waals surface area contributed by atoms with Gasteiger partial charge in [-0.15, -0.1) is 0 Å². The fourth-order valence-electron chi connectivity index (χ4n) is 3.01. The second kappa shape index (κ2) is 9.88. The molecule has 0 unspecified atom stereocenters. The summed E-state index contributed by atoms with van der Waals surface area (Å²) in [5, 5.41) is 0. The van der Waals surface area contributed by atoms with Gasteiger partial charge in [-0.25, -0.2) is 0 Å². The quantitative estimate of drug-likeness (QED) is 0.497. The molecule has 0 heterocycles. The van der Waals surface area contributed by atoms with Gasteiger partial charge >= 0.3 is 0 Å². The molecule has 2 aromatic carbocycles. The van der Waals surface area contributed by atoms with Crippen molar-refractivity contribution in [2.75, 3.05) is 13.2 Å². The number of ether oxygens (including phenoxy) is 2. The van der Waals surface area contributed by atoms with Gasteiger partial charge in [0, 0.05) is 18.8 Å². The monoisotopic (exact) mass is 435 g/mol. The summed E-state index contributed by atoms with van der Waals surface area (Å²) < 4.78 is 41.5. The Morgan fingerprint density at radius 1 is 0.935 bits per heavy atom. The highest BCUT2D eigenvalue weighted by Crippen LogP contribution is 2.26. The molecule has 1 aliphatic carbocycles. The number of sulfonamides is 1. The summed E-state index contributed by atoms with van der Waals surface area (Å²) >= 11 is 0. The average Bonchev–Trinajstić information content (AvgIpc) is 2.75. The van der Waals surface area contributed by atoms with Crippen molar-refractivity contribution in [3.63, 3.8) is 0 Å². The number of hydrogen-bond acceptors (Lipinski definition) is 4. The number of nitrogens with zero attached hydrogens (tertiary/aromatic N) is 1. The molecule has 5 nitrogen and oxygen atoms in total. The summed E-state index contributed by atoms with van der Waals surface area (Å²) in [6, 6.07) is 16.0. The van der Waals surface area contributed by atoms with Crippen LogP contribution >= 0.6 is 0 Å². The van der Waals surface area contributed by atoms with Gasteiger partial charge in [0.25, 0.3) is 10.0 Å². The maximum Gasteiger partial charge on any atom is 0.282 e. The Kier molecular flexibility index (Phi) is 7.24. The first kappa shape index (κ1) is 22.7. The minimum Gasteiger partial charge on any atom is -0.343 e. The molecule has 0 saturated carbocycles. The molecule has 0 aromatic heterocycles. The molecule has 6 heteroatoms. The Balaban J connectivity index is 2.07. The van der Waals surface area contributed by atoms with Gasteiger partial charge < -0.3 is 9.47 Å². The molecule has 0 bridgehead atoms. The van der Waals surface area contributed by atoms with Gasteiger partial charge in [0.05, 0.1) is 16.2 Å². The number of rotatable bonds is 6. The third kappa shape index (κ3) is 5.80. The topological polar surface area (TPSA) is 65.0 Å². The zero-order chi connectivity index (χ0) is 22.3. The van der Waals surface area contributed by atoms with E-state index in [1.54, 1.807) is 42.5 Å². The third-order valence-electron chi connectivity index (χ3n) is 4.49. The van der Waals surface area contributed by atoms with Gasteiger partial charge in [-0.2, -0.15) is 12.8 Å². The maximum absolute atomic E-state index is 12.9. The molecule has 160 valence electrons. The summed E-state index contributed by atoms with van der Waals surface area (Å²) in [5.74, 6) is 4.99. The van der Waals surface area contributed by atoms with E-state index in [0.29, 0.717) is 18.8 Å². The van der Waals surface area contributed by atoms with Crippen LogP contribution in [0.25, 0.3) is 0 Å². The third-order valence-corrected chi connectivity index (χ3v) is 5.79. The van der Waals surface area contributed by atoms with E-state index in [-0.39, 0.29) is 10.6 Å². The van der Waals surface area contributed by atoms with Crippen LogP contribution < -0.4 is 0 Å². The molecular formula is C25H25NO4S. The van der Waals surface area contributed by atoms with Gasteiger partial charge in [-0.3, -0.25) is 0 Å². The highest BCUT2D eigenvalue weighted by Gasteiger charge is 2.31. The van der Waals surface area contributed by atoms with Crippen molar-refractivity contribution >= 4 is 15.7 Å². The van der Waals surface area contributed by atoms with E-state index < -0.39 is 15.8 Å². The summed E-state index contributed by atoms with van der Waals surface area (Å²) in [4.78, 5) is 0.126. The highest BCUT2D eigenvalue weighted by molar-refractivity contribution is 7.90. The average molecular weight is 436 g/mol. The van der Waals surface area contributed by atoms with E-state index in [0.717, 1.165) is 11.1 Å². The lowest BCUT2D eigenvalue weighted by molar-refractivity contribution is -0.165. The molecule has 1 aliphatic rings. The van der Waals surface area contributed by atoms with Crippen molar-refractivity contribution < 1.29 is 17.9 Å². The van der Waals surface area contributed by atoms with Crippen LogP contribution in [-0.2, 0) is 19.5 Å². The predicted molar refractivity (Wildman–Crippen MR) is 122 cm³/mol. The Hall–Kier alpha value is -2.98. The van der Waals surface area contributed by atoms with Crippen molar-refractivity contribution in [3.8, 4) is 11.8 Å². The lowest BCUT2D eigenvalue weighted by atomic mass is 9.99. The standard InChI is InChI=1S/C25H25NO4S/c1-4-29-25(30-5-2)18-17-24(22(19-25)14-13-21-9-7-6-8-10-21)26-31(27,28)23-15-11-20(3)12-16-23/h6-12,15-19H,4-5H2,1-3H3/b26-24+. The molecule has 0 saturated heterocycles. The molecule has 31 heavy (non-hydrogen) atoms. The zero-order valence-corrected chi connectivity index (χ0v) is 18.6. The van der Waals surface area contributed by atoms with Crippen LogP contribution in [0.5, 0.6) is 0 Å². The van der Waals surface area contributed by atoms with Gasteiger partial charge in [0.15, 0.2) is 0 Å². The number of allylic oxidation sites excluding steroid dienone is 2. The largest absolute Gasteiger partial charge is 0.343 e. The van der Waals surface area contributed by atoms with Crippen molar-refractivity contribution in [3.05, 3.63) is 89.5 Å². The van der Waals surface area contributed by atoms with Crippen LogP contribution in [0.2, 0.25) is 0 Å². The Bertz CT molecular complexity index is 1160. The highest BCUT2D eigenvalue weighted by atomic mass is 32.2. The second-order valence-corrected chi connectivity index (χ2v) is 8.46. The fourth-order valence-corrected chi connectivity index (χ4v) is 4.02. The smallest absolute Gasteiger partial charge is 0.282 e. The first-order valence-electron chi connectivity index (χ1n) is 10.1. The molecule has 0 fully saturated rings. The summed E-state index contributed by atoms with van der Waals surface area (Å²) in [6.45, 7) is 6.45. The lowest BCUT2D eigenvalue weighted by Gasteiger charge is -2.29. The van der Waals surface area contributed by atoms with E-state index in [1.807, 2.05) is 51.1 Å². The van der Waals surface area contributed by atoms with Gasteiger partial charge in [-0.1, -0.05) is 47.7 Å². The SMILES string of the molecule is CCOC1(OCC)C=C/C(=N\S(=O)(=O)c2ccc(C)cc2)C(C#Cc2ccccc2)=C1. The minimum absolute atomic E-state index is 0.126. The molecule has 0 atom stereocenters. The first-order valence-corrected chi connectivity index (χ1v) is 11.5.